The number of carbonyl (C=O) groups excluding carboxylic acids is 1. The van der Waals surface area contributed by atoms with Crippen molar-refractivity contribution in [3.63, 3.8) is 0 Å². The van der Waals surface area contributed by atoms with Crippen LogP contribution in [0.4, 0.5) is 0 Å². The third-order valence-corrected chi connectivity index (χ3v) is 4.21. The molecule has 1 heterocycles. The second kappa shape index (κ2) is 5.26. The van der Waals surface area contributed by atoms with Crippen LogP contribution in [-0.4, -0.2) is 35.7 Å². The second-order valence-corrected chi connectivity index (χ2v) is 5.53. The summed E-state index contributed by atoms with van der Waals surface area (Å²) in [6.07, 6.45) is 3.52. The number of hydrogen-bond donors (Lipinski definition) is 2. The molecule has 0 spiro atoms. The highest BCUT2D eigenvalue weighted by atomic mass is 16.5. The molecule has 1 aliphatic heterocycles. The molecule has 102 valence electrons. The van der Waals surface area contributed by atoms with Crippen molar-refractivity contribution in [3.05, 3.63) is 0 Å². The van der Waals surface area contributed by atoms with Gasteiger partial charge in [-0.1, -0.05) is 19.8 Å². The van der Waals surface area contributed by atoms with E-state index in [2.05, 4.69) is 5.32 Å². The van der Waals surface area contributed by atoms with E-state index in [0.717, 1.165) is 12.8 Å². The van der Waals surface area contributed by atoms with Crippen LogP contribution in [0, 0.1) is 11.8 Å². The lowest BCUT2D eigenvalue weighted by Gasteiger charge is -2.32. The Kier molecular flexibility index (Phi) is 3.90. The smallest absolute Gasteiger partial charge is 0.329 e. The van der Waals surface area contributed by atoms with Crippen LogP contribution in [0.2, 0.25) is 0 Å². The van der Waals surface area contributed by atoms with Crippen LogP contribution in [-0.2, 0) is 14.3 Å². The molecule has 5 heteroatoms. The van der Waals surface area contributed by atoms with Gasteiger partial charge in [-0.25, -0.2) is 4.79 Å². The molecule has 1 aliphatic carbocycles. The average molecular weight is 255 g/mol. The Morgan fingerprint density at radius 1 is 1.33 bits per heavy atom. The molecule has 18 heavy (non-hydrogen) atoms. The summed E-state index contributed by atoms with van der Waals surface area (Å²) in [5.41, 5.74) is -1.02. The van der Waals surface area contributed by atoms with E-state index in [9.17, 15) is 14.7 Å². The van der Waals surface area contributed by atoms with Crippen LogP contribution >= 0.6 is 0 Å². The summed E-state index contributed by atoms with van der Waals surface area (Å²) in [6, 6.07) is 0. The van der Waals surface area contributed by atoms with Crippen LogP contribution in [0.25, 0.3) is 0 Å². The molecular formula is C13H21NO4. The van der Waals surface area contributed by atoms with Crippen LogP contribution < -0.4 is 5.32 Å². The summed E-state index contributed by atoms with van der Waals surface area (Å²) in [5, 5.41) is 12.1. The predicted octanol–water partition coefficient (Wildman–Crippen LogP) is 1.17. The summed E-state index contributed by atoms with van der Waals surface area (Å²) >= 11 is 0. The molecule has 1 amide bonds. The zero-order valence-electron chi connectivity index (χ0n) is 10.8. The lowest BCUT2D eigenvalue weighted by atomic mass is 9.87. The Morgan fingerprint density at radius 2 is 2.00 bits per heavy atom. The van der Waals surface area contributed by atoms with Gasteiger partial charge in [0.25, 0.3) is 0 Å². The van der Waals surface area contributed by atoms with Crippen molar-refractivity contribution in [2.45, 2.75) is 44.6 Å². The lowest BCUT2D eigenvalue weighted by molar-refractivity contribution is -0.149. The topological polar surface area (TPSA) is 75.6 Å². The van der Waals surface area contributed by atoms with E-state index in [-0.39, 0.29) is 17.7 Å². The van der Waals surface area contributed by atoms with Gasteiger partial charge in [0.05, 0.1) is 0 Å². The number of nitrogens with one attached hydrogen (secondary N) is 1. The van der Waals surface area contributed by atoms with Gasteiger partial charge < -0.3 is 15.2 Å². The zero-order chi connectivity index (χ0) is 13.2. The monoisotopic (exact) mass is 255 g/mol. The van der Waals surface area contributed by atoms with Crippen molar-refractivity contribution in [1.29, 1.82) is 0 Å². The van der Waals surface area contributed by atoms with E-state index in [1.807, 2.05) is 6.92 Å². The largest absolute Gasteiger partial charge is 0.480 e. The molecule has 0 bridgehead atoms. The number of rotatable bonds is 3. The third-order valence-electron chi connectivity index (χ3n) is 4.21. The van der Waals surface area contributed by atoms with Crippen LogP contribution in [0.3, 0.4) is 0 Å². The Labute approximate surface area is 107 Å². The molecule has 2 fully saturated rings. The Hall–Kier alpha value is -1.10. The molecule has 1 saturated carbocycles. The molecule has 2 unspecified atom stereocenters. The fourth-order valence-corrected chi connectivity index (χ4v) is 2.97. The van der Waals surface area contributed by atoms with Gasteiger partial charge >= 0.3 is 5.97 Å². The molecule has 0 aromatic carbocycles. The van der Waals surface area contributed by atoms with E-state index < -0.39 is 11.5 Å². The summed E-state index contributed by atoms with van der Waals surface area (Å²) in [5.74, 6) is -0.968. The van der Waals surface area contributed by atoms with Crippen LogP contribution in [0.5, 0.6) is 0 Å². The Bertz CT molecular complexity index is 336. The molecule has 0 radical (unpaired) electrons. The first-order chi connectivity index (χ1) is 8.55. The highest BCUT2D eigenvalue weighted by Crippen LogP contribution is 2.31. The first kappa shape index (κ1) is 13.3. The number of amides is 1. The minimum Gasteiger partial charge on any atom is -0.480 e. The third kappa shape index (κ3) is 2.51. The molecule has 0 aromatic heterocycles. The second-order valence-electron chi connectivity index (χ2n) is 5.53. The van der Waals surface area contributed by atoms with Gasteiger partial charge in [-0.2, -0.15) is 0 Å². The van der Waals surface area contributed by atoms with Crippen molar-refractivity contribution >= 4 is 11.9 Å². The predicted molar refractivity (Wildman–Crippen MR) is 65.1 cm³/mol. The normalized spacial score (nSPS) is 30.9. The van der Waals surface area contributed by atoms with E-state index in [1.165, 1.54) is 0 Å². The first-order valence-electron chi connectivity index (χ1n) is 6.68. The van der Waals surface area contributed by atoms with Gasteiger partial charge in [-0.15, -0.1) is 0 Å². The van der Waals surface area contributed by atoms with E-state index in [1.54, 1.807) is 0 Å². The summed E-state index contributed by atoms with van der Waals surface area (Å²) in [7, 11) is 0. The van der Waals surface area contributed by atoms with Gasteiger partial charge in [0.15, 0.2) is 0 Å². The minimum atomic E-state index is -1.02. The number of ether oxygens (including phenoxy) is 1. The zero-order valence-corrected chi connectivity index (χ0v) is 10.8. The van der Waals surface area contributed by atoms with Crippen molar-refractivity contribution in [3.8, 4) is 0 Å². The maximum Gasteiger partial charge on any atom is 0.329 e. The average Bonchev–Trinajstić information content (AvgIpc) is 2.79. The minimum absolute atomic E-state index is 0.115. The molecular weight excluding hydrogens is 234 g/mol. The fourth-order valence-electron chi connectivity index (χ4n) is 2.97. The quantitative estimate of drug-likeness (QED) is 0.794. The van der Waals surface area contributed by atoms with Crippen molar-refractivity contribution in [2.75, 3.05) is 13.2 Å². The maximum atomic E-state index is 12.2. The number of carboxylic acid groups (broad SMARTS) is 1. The highest BCUT2D eigenvalue weighted by Gasteiger charge is 2.44. The number of carboxylic acids is 1. The van der Waals surface area contributed by atoms with Crippen molar-refractivity contribution in [1.82, 2.24) is 5.32 Å². The summed E-state index contributed by atoms with van der Waals surface area (Å²) in [4.78, 5) is 23.6. The first-order valence-corrected chi connectivity index (χ1v) is 6.68. The van der Waals surface area contributed by atoms with Crippen molar-refractivity contribution in [2.24, 2.45) is 11.8 Å². The van der Waals surface area contributed by atoms with Gasteiger partial charge in [-0.3, -0.25) is 4.79 Å². The lowest BCUT2D eigenvalue weighted by Crippen LogP contribution is -2.55. The number of carbonyl (C=O) groups is 2. The van der Waals surface area contributed by atoms with E-state index in [0.29, 0.717) is 32.5 Å². The van der Waals surface area contributed by atoms with Gasteiger partial charge in [0, 0.05) is 19.1 Å². The van der Waals surface area contributed by atoms with Crippen LogP contribution in [0.15, 0.2) is 0 Å². The molecule has 0 aromatic rings. The van der Waals surface area contributed by atoms with Crippen LogP contribution in [0.1, 0.15) is 39.0 Å². The Morgan fingerprint density at radius 3 is 2.56 bits per heavy atom. The number of aliphatic carboxylic acids is 1. The van der Waals surface area contributed by atoms with Gasteiger partial charge in [-0.05, 0) is 25.2 Å². The standard InChI is InChI=1S/C13H21NO4/c1-9-8-18-7-4-10(9)11(15)14-13(12(16)17)5-2-3-6-13/h9-10H,2-8H2,1H3,(H,14,15)(H,16,17). The molecule has 2 atom stereocenters. The van der Waals surface area contributed by atoms with E-state index >= 15 is 0 Å². The summed E-state index contributed by atoms with van der Waals surface area (Å²) < 4.78 is 5.31. The SMILES string of the molecule is CC1COCCC1C(=O)NC1(C(=O)O)CCCC1. The molecule has 2 N–H and O–H groups in total. The highest BCUT2D eigenvalue weighted by molar-refractivity contribution is 5.88. The molecule has 2 rings (SSSR count). The van der Waals surface area contributed by atoms with E-state index in [4.69, 9.17) is 4.74 Å². The van der Waals surface area contributed by atoms with Gasteiger partial charge in [0.2, 0.25) is 5.91 Å². The molecule has 5 nitrogen and oxygen atoms in total. The Balaban J connectivity index is 2.03. The number of hydrogen-bond acceptors (Lipinski definition) is 3. The molecule has 1 saturated heterocycles. The van der Waals surface area contributed by atoms with Gasteiger partial charge in [0.1, 0.15) is 5.54 Å². The summed E-state index contributed by atoms with van der Waals surface area (Å²) in [6.45, 7) is 3.14. The maximum absolute atomic E-state index is 12.2. The fraction of sp³-hybridized carbons (Fsp3) is 0.846. The van der Waals surface area contributed by atoms with Crippen molar-refractivity contribution < 1.29 is 19.4 Å². The molecule has 2 aliphatic rings.